The van der Waals surface area contributed by atoms with E-state index in [-0.39, 0.29) is 6.42 Å². The molecule has 8 N–H and O–H groups in total. The van der Waals surface area contributed by atoms with Crippen LogP contribution in [0, 0.1) is 0 Å². The topological polar surface area (TPSA) is 189 Å². The second-order valence-corrected chi connectivity index (χ2v) is 25.3. The van der Waals surface area contributed by atoms with Crippen LogP contribution in [0.15, 0.2) is 0 Å². The van der Waals surface area contributed by atoms with Crippen LogP contribution in [0.25, 0.3) is 0 Å². The molecule has 1 saturated heterocycles. The molecule has 1 rings (SSSR count). The van der Waals surface area contributed by atoms with Gasteiger partial charge in [-0.05, 0) is 12.8 Å². The van der Waals surface area contributed by atoms with Gasteiger partial charge in [0.05, 0.1) is 25.4 Å². The van der Waals surface area contributed by atoms with Crippen LogP contribution in [0.5, 0.6) is 0 Å². The van der Waals surface area contributed by atoms with Gasteiger partial charge in [0.1, 0.15) is 36.6 Å². The molecule has 478 valence electrons. The molecule has 1 fully saturated rings. The molecular weight excluding hydrogens is 1000 g/mol. The molecule has 9 unspecified atom stereocenters. The number of amides is 1. The van der Waals surface area contributed by atoms with Crippen molar-refractivity contribution in [3.8, 4) is 0 Å². The Kier molecular flexibility index (Phi) is 56.4. The summed E-state index contributed by atoms with van der Waals surface area (Å²) in [6.45, 7) is 3.52. The van der Waals surface area contributed by atoms with Gasteiger partial charge >= 0.3 is 0 Å². The molecule has 0 bridgehead atoms. The molecule has 1 aliphatic heterocycles. The van der Waals surface area contributed by atoms with Crippen LogP contribution in [0.1, 0.15) is 367 Å². The van der Waals surface area contributed by atoms with Crippen LogP contribution in [0.3, 0.4) is 0 Å². The van der Waals surface area contributed by atoms with Crippen molar-refractivity contribution in [1.29, 1.82) is 0 Å². The molecule has 1 heterocycles. The Morgan fingerprint density at radius 1 is 0.388 bits per heavy atom. The largest absolute Gasteiger partial charge is 0.394 e. The maximum Gasteiger partial charge on any atom is 0.249 e. The third-order valence-corrected chi connectivity index (χ3v) is 17.7. The van der Waals surface area contributed by atoms with Crippen molar-refractivity contribution in [3.63, 3.8) is 0 Å². The average molecular weight is 1140 g/mol. The van der Waals surface area contributed by atoms with Gasteiger partial charge in [-0.3, -0.25) is 4.79 Å². The highest BCUT2D eigenvalue weighted by Gasteiger charge is 2.44. The van der Waals surface area contributed by atoms with E-state index >= 15 is 0 Å². The zero-order valence-corrected chi connectivity index (χ0v) is 52.9. The lowest BCUT2D eigenvalue weighted by Gasteiger charge is -2.40. The molecule has 9 atom stereocenters. The molecular formula is C69H137NO10. The van der Waals surface area contributed by atoms with Gasteiger partial charge in [0, 0.05) is 0 Å². The normalized spacial score (nSPS) is 19.1. The van der Waals surface area contributed by atoms with Crippen LogP contribution < -0.4 is 5.32 Å². The van der Waals surface area contributed by atoms with E-state index in [0.29, 0.717) is 19.3 Å². The summed E-state index contributed by atoms with van der Waals surface area (Å²) in [5, 5.41) is 76.4. The molecule has 11 nitrogen and oxygen atoms in total. The molecule has 0 saturated carbocycles. The number of unbranched alkanes of at least 4 members (excludes halogenated alkanes) is 51. The number of rotatable bonds is 63. The van der Waals surface area contributed by atoms with E-state index in [0.717, 1.165) is 38.5 Å². The molecule has 0 spiro atoms. The Labute approximate surface area is 494 Å². The zero-order chi connectivity index (χ0) is 58.2. The maximum atomic E-state index is 13.2. The number of hydrogen-bond donors (Lipinski definition) is 8. The second-order valence-electron chi connectivity index (χ2n) is 25.3. The van der Waals surface area contributed by atoms with Crippen molar-refractivity contribution in [2.45, 2.75) is 422 Å². The minimum Gasteiger partial charge on any atom is -0.394 e. The zero-order valence-electron chi connectivity index (χ0n) is 52.9. The Morgan fingerprint density at radius 2 is 0.650 bits per heavy atom. The Balaban J connectivity index is 2.11. The van der Waals surface area contributed by atoms with E-state index in [1.807, 2.05) is 0 Å². The lowest BCUT2D eigenvalue weighted by atomic mass is 9.98. The number of carbonyl (C=O) groups excluding carboxylic acids is 1. The maximum absolute atomic E-state index is 13.2. The number of aliphatic hydroxyl groups is 7. The molecule has 0 aromatic carbocycles. The molecule has 0 aliphatic carbocycles. The van der Waals surface area contributed by atoms with Gasteiger partial charge in [0.25, 0.3) is 0 Å². The number of nitrogens with one attached hydrogen (secondary N) is 1. The van der Waals surface area contributed by atoms with Gasteiger partial charge in [-0.15, -0.1) is 0 Å². The first-order chi connectivity index (χ1) is 39.2. The van der Waals surface area contributed by atoms with Crippen molar-refractivity contribution >= 4 is 5.91 Å². The third kappa shape index (κ3) is 45.5. The quantitative estimate of drug-likeness (QED) is 0.0272. The fourth-order valence-electron chi connectivity index (χ4n) is 12.0. The Hall–Kier alpha value is -0.890. The summed E-state index contributed by atoms with van der Waals surface area (Å²) >= 11 is 0. The Bertz CT molecular complexity index is 1260. The minimum atomic E-state index is -1.66. The highest BCUT2D eigenvalue weighted by Crippen LogP contribution is 2.24. The van der Waals surface area contributed by atoms with Crippen LogP contribution in [0.4, 0.5) is 0 Å². The summed E-state index contributed by atoms with van der Waals surface area (Å²) in [7, 11) is 0. The molecule has 1 aliphatic rings. The van der Waals surface area contributed by atoms with E-state index in [1.165, 1.54) is 289 Å². The summed E-state index contributed by atoms with van der Waals surface area (Å²) in [6.07, 6.45) is 59.2. The lowest BCUT2D eigenvalue weighted by molar-refractivity contribution is -0.303. The van der Waals surface area contributed by atoms with Crippen LogP contribution in [0.2, 0.25) is 0 Å². The fourth-order valence-corrected chi connectivity index (χ4v) is 12.0. The molecule has 80 heavy (non-hydrogen) atoms. The van der Waals surface area contributed by atoms with Gasteiger partial charge < -0.3 is 50.5 Å². The number of ether oxygens (including phenoxy) is 2. The van der Waals surface area contributed by atoms with Crippen molar-refractivity contribution < 1.29 is 50.0 Å². The third-order valence-electron chi connectivity index (χ3n) is 17.7. The monoisotopic (exact) mass is 1140 g/mol. The summed E-state index contributed by atoms with van der Waals surface area (Å²) in [5.74, 6) is -0.687. The standard InChI is InChI=1S/C69H137NO10/c1-3-5-7-9-11-13-15-17-19-21-22-23-24-25-26-27-28-29-30-31-32-33-34-35-36-37-38-39-41-43-45-47-49-51-53-55-57-62(73)68(78)70-60(59-79-69-67(77)66(76)65(75)63(58-71)80-69)64(74)61(72)56-54-52-50-48-46-44-42-40-20-18-16-14-12-10-8-6-4-2/h60-67,69,71-77H,3-59H2,1-2H3,(H,70,78). The summed E-state index contributed by atoms with van der Waals surface area (Å²) in [4.78, 5) is 13.2. The van der Waals surface area contributed by atoms with E-state index in [9.17, 15) is 40.5 Å². The minimum absolute atomic E-state index is 0.268. The van der Waals surface area contributed by atoms with Crippen LogP contribution in [-0.2, 0) is 14.3 Å². The van der Waals surface area contributed by atoms with Gasteiger partial charge in [-0.2, -0.15) is 0 Å². The molecule has 0 aromatic heterocycles. The predicted molar refractivity (Wildman–Crippen MR) is 335 cm³/mol. The number of carbonyl (C=O) groups is 1. The fraction of sp³-hybridized carbons (Fsp3) is 0.986. The van der Waals surface area contributed by atoms with Gasteiger partial charge in [0.15, 0.2) is 6.29 Å². The number of aliphatic hydroxyl groups excluding tert-OH is 7. The second kappa shape index (κ2) is 58.5. The van der Waals surface area contributed by atoms with Gasteiger partial charge in [-0.1, -0.05) is 354 Å². The number of hydrogen-bond acceptors (Lipinski definition) is 10. The highest BCUT2D eigenvalue weighted by molar-refractivity contribution is 5.80. The van der Waals surface area contributed by atoms with Gasteiger partial charge in [0.2, 0.25) is 5.91 Å². The Morgan fingerprint density at radius 3 is 0.925 bits per heavy atom. The van der Waals surface area contributed by atoms with E-state index in [2.05, 4.69) is 19.2 Å². The van der Waals surface area contributed by atoms with Gasteiger partial charge in [-0.25, -0.2) is 0 Å². The molecule has 1 amide bonds. The summed E-state index contributed by atoms with van der Waals surface area (Å²) in [6, 6.07) is -1.16. The van der Waals surface area contributed by atoms with E-state index < -0.39 is 74.2 Å². The molecule has 0 aromatic rings. The summed E-state index contributed by atoms with van der Waals surface area (Å²) < 4.78 is 11.2. The predicted octanol–water partition coefficient (Wildman–Crippen LogP) is 16.9. The van der Waals surface area contributed by atoms with Crippen molar-refractivity contribution in [2.24, 2.45) is 0 Å². The molecule has 11 heteroatoms. The lowest BCUT2D eigenvalue weighted by Crippen LogP contribution is -2.60. The van der Waals surface area contributed by atoms with Crippen molar-refractivity contribution in [2.75, 3.05) is 13.2 Å². The van der Waals surface area contributed by atoms with E-state index in [1.54, 1.807) is 0 Å². The first kappa shape index (κ1) is 77.1. The highest BCUT2D eigenvalue weighted by atomic mass is 16.7. The SMILES string of the molecule is CCCCCCCCCCCCCCCCCCCCCCCCCCCCCCCCCCCCCCC(O)C(=O)NC(COC1OC(CO)C(O)C(O)C1O)C(O)C(O)CCCCCCCCCCCCCCCCCCC. The van der Waals surface area contributed by atoms with Crippen molar-refractivity contribution in [3.05, 3.63) is 0 Å². The smallest absolute Gasteiger partial charge is 0.249 e. The first-order valence-corrected chi connectivity index (χ1v) is 35.4. The van der Waals surface area contributed by atoms with E-state index in [4.69, 9.17) is 9.47 Å². The first-order valence-electron chi connectivity index (χ1n) is 35.4. The average Bonchev–Trinajstić information content (AvgIpc) is 3.47. The van der Waals surface area contributed by atoms with Crippen molar-refractivity contribution in [1.82, 2.24) is 5.32 Å². The van der Waals surface area contributed by atoms with Crippen LogP contribution >= 0.6 is 0 Å². The van der Waals surface area contributed by atoms with Crippen LogP contribution in [-0.4, -0.2) is 110 Å². The molecule has 0 radical (unpaired) electrons. The summed E-state index contributed by atoms with van der Waals surface area (Å²) in [5.41, 5.74) is 0.